The highest BCUT2D eigenvalue weighted by molar-refractivity contribution is 5.90. The molecule has 2 aromatic rings. The second-order valence-electron chi connectivity index (χ2n) is 10.7. The van der Waals surface area contributed by atoms with E-state index in [2.05, 4.69) is 13.8 Å². The first-order chi connectivity index (χ1) is 16.7. The Hall–Kier alpha value is -3.02. The zero-order valence-corrected chi connectivity index (χ0v) is 20.6. The van der Waals surface area contributed by atoms with Crippen molar-refractivity contribution in [1.82, 2.24) is 0 Å². The molecule has 0 aliphatic heterocycles. The number of esters is 2. The SMILES string of the molecule is CC(C)(C1CCC(OC(=O)c2ccc(O)cc2)CC1)C1CCC(OC(=O)c2ccc(O)cc2)CC1. The van der Waals surface area contributed by atoms with Gasteiger partial charge in [0, 0.05) is 0 Å². The lowest BCUT2D eigenvalue weighted by molar-refractivity contribution is -0.0199. The van der Waals surface area contributed by atoms with Crippen molar-refractivity contribution in [3.63, 3.8) is 0 Å². The number of aromatic hydroxyl groups is 2. The standard InChI is InChI=1S/C29H36O6/c1-29(2,21-7-15-25(16-8-21)34-27(32)19-3-11-23(30)12-4-19)22-9-17-26(18-10-22)35-28(33)20-5-13-24(31)14-6-20/h3-6,11-14,21-22,25-26,30-31H,7-10,15-18H2,1-2H3. The Balaban J connectivity index is 1.23. The van der Waals surface area contributed by atoms with Crippen molar-refractivity contribution in [2.24, 2.45) is 17.3 Å². The number of hydrogen-bond acceptors (Lipinski definition) is 6. The molecule has 0 unspecified atom stereocenters. The van der Waals surface area contributed by atoms with Crippen LogP contribution in [0.3, 0.4) is 0 Å². The van der Waals surface area contributed by atoms with E-state index in [1.807, 2.05) is 0 Å². The van der Waals surface area contributed by atoms with Gasteiger partial charge in [-0.3, -0.25) is 0 Å². The molecule has 2 aliphatic rings. The Morgan fingerprint density at radius 3 is 1.26 bits per heavy atom. The summed E-state index contributed by atoms with van der Waals surface area (Å²) in [6.07, 6.45) is 7.53. The maximum Gasteiger partial charge on any atom is 0.338 e. The number of hydrogen-bond donors (Lipinski definition) is 2. The molecule has 2 aromatic carbocycles. The highest BCUT2D eigenvalue weighted by Crippen LogP contribution is 2.49. The summed E-state index contributed by atoms with van der Waals surface area (Å²) in [6.45, 7) is 4.74. The quantitative estimate of drug-likeness (QED) is 0.474. The van der Waals surface area contributed by atoms with E-state index in [1.54, 1.807) is 24.3 Å². The highest BCUT2D eigenvalue weighted by atomic mass is 16.5. The van der Waals surface area contributed by atoms with Gasteiger partial charge in [-0.05, 0) is 117 Å². The van der Waals surface area contributed by atoms with Gasteiger partial charge in [-0.2, -0.15) is 0 Å². The lowest BCUT2D eigenvalue weighted by Crippen LogP contribution is -2.39. The summed E-state index contributed by atoms with van der Waals surface area (Å²) in [5, 5.41) is 18.8. The molecule has 0 radical (unpaired) electrons. The molecule has 2 saturated carbocycles. The Morgan fingerprint density at radius 2 is 0.943 bits per heavy atom. The largest absolute Gasteiger partial charge is 0.508 e. The van der Waals surface area contributed by atoms with Crippen LogP contribution in [0.1, 0.15) is 85.9 Å². The smallest absolute Gasteiger partial charge is 0.338 e. The molecule has 4 rings (SSSR count). The van der Waals surface area contributed by atoms with Crippen molar-refractivity contribution in [3.8, 4) is 11.5 Å². The normalized spacial score (nSPS) is 25.0. The highest BCUT2D eigenvalue weighted by Gasteiger charge is 2.41. The van der Waals surface area contributed by atoms with Crippen molar-refractivity contribution in [2.45, 2.75) is 77.4 Å². The summed E-state index contributed by atoms with van der Waals surface area (Å²) >= 11 is 0. The van der Waals surface area contributed by atoms with Crippen LogP contribution in [0.2, 0.25) is 0 Å². The molecule has 0 saturated heterocycles. The van der Waals surface area contributed by atoms with Crippen LogP contribution in [0.25, 0.3) is 0 Å². The number of phenolic OH excluding ortho intramolecular Hbond substituents is 2. The molecular weight excluding hydrogens is 444 g/mol. The minimum Gasteiger partial charge on any atom is -0.508 e. The first-order valence-corrected chi connectivity index (χ1v) is 12.7. The molecule has 35 heavy (non-hydrogen) atoms. The molecule has 6 heteroatoms. The van der Waals surface area contributed by atoms with Crippen molar-refractivity contribution in [2.75, 3.05) is 0 Å². The molecule has 0 atom stereocenters. The maximum atomic E-state index is 12.4. The molecule has 2 N–H and O–H groups in total. The van der Waals surface area contributed by atoms with Gasteiger partial charge in [0.15, 0.2) is 0 Å². The molecule has 188 valence electrons. The Labute approximate surface area is 207 Å². The lowest BCUT2D eigenvalue weighted by Gasteiger charge is -2.46. The van der Waals surface area contributed by atoms with Crippen LogP contribution in [0.4, 0.5) is 0 Å². The predicted octanol–water partition coefficient (Wildman–Crippen LogP) is 6.26. The third-order valence-electron chi connectivity index (χ3n) is 8.21. The van der Waals surface area contributed by atoms with Gasteiger partial charge >= 0.3 is 11.9 Å². The minimum atomic E-state index is -0.326. The molecule has 2 aliphatic carbocycles. The summed E-state index contributed by atoms with van der Waals surface area (Å²) < 4.78 is 11.5. The molecule has 2 fully saturated rings. The predicted molar refractivity (Wildman–Crippen MR) is 132 cm³/mol. The third kappa shape index (κ3) is 6.16. The Kier molecular flexibility index (Phi) is 7.68. The summed E-state index contributed by atoms with van der Waals surface area (Å²) in [6, 6.07) is 12.3. The summed E-state index contributed by atoms with van der Waals surface area (Å²) in [5.41, 5.74) is 1.11. The Bertz CT molecular complexity index is 913. The molecule has 0 spiro atoms. The molecule has 0 bridgehead atoms. The van der Waals surface area contributed by atoms with Crippen LogP contribution in [0.5, 0.6) is 11.5 Å². The van der Waals surface area contributed by atoms with Crippen molar-refractivity contribution in [3.05, 3.63) is 59.7 Å². The van der Waals surface area contributed by atoms with E-state index in [9.17, 15) is 19.8 Å². The summed E-state index contributed by atoms with van der Waals surface area (Å²) in [5.74, 6) is 0.767. The molecule has 6 nitrogen and oxygen atoms in total. The van der Waals surface area contributed by atoms with E-state index in [-0.39, 0.29) is 41.1 Å². The van der Waals surface area contributed by atoms with Crippen LogP contribution in [0.15, 0.2) is 48.5 Å². The summed E-state index contributed by atoms with van der Waals surface area (Å²) in [7, 11) is 0. The first-order valence-electron chi connectivity index (χ1n) is 12.7. The maximum absolute atomic E-state index is 12.4. The average molecular weight is 481 g/mol. The third-order valence-corrected chi connectivity index (χ3v) is 8.21. The van der Waals surface area contributed by atoms with E-state index in [0.29, 0.717) is 23.0 Å². The van der Waals surface area contributed by atoms with E-state index < -0.39 is 0 Å². The van der Waals surface area contributed by atoms with E-state index in [1.165, 1.54) is 24.3 Å². The molecule has 0 heterocycles. The topological polar surface area (TPSA) is 93.1 Å². The second-order valence-corrected chi connectivity index (χ2v) is 10.7. The number of carbonyl (C=O) groups is 2. The van der Waals surface area contributed by atoms with E-state index >= 15 is 0 Å². The summed E-state index contributed by atoms with van der Waals surface area (Å²) in [4.78, 5) is 24.8. The number of rotatable bonds is 6. The Morgan fingerprint density at radius 1 is 0.629 bits per heavy atom. The fourth-order valence-corrected chi connectivity index (χ4v) is 5.82. The van der Waals surface area contributed by atoms with Crippen molar-refractivity contribution < 1.29 is 29.3 Å². The van der Waals surface area contributed by atoms with Gasteiger partial charge in [-0.25, -0.2) is 9.59 Å². The fourth-order valence-electron chi connectivity index (χ4n) is 5.82. The van der Waals surface area contributed by atoms with Gasteiger partial charge < -0.3 is 19.7 Å². The van der Waals surface area contributed by atoms with Crippen LogP contribution in [0, 0.1) is 17.3 Å². The van der Waals surface area contributed by atoms with Crippen LogP contribution in [-0.2, 0) is 9.47 Å². The monoisotopic (exact) mass is 480 g/mol. The minimum absolute atomic E-state index is 0.0570. The number of phenols is 2. The van der Waals surface area contributed by atoms with Gasteiger partial charge in [0.2, 0.25) is 0 Å². The number of benzene rings is 2. The lowest BCUT2D eigenvalue weighted by atomic mass is 9.60. The van der Waals surface area contributed by atoms with Gasteiger partial charge in [-0.1, -0.05) is 13.8 Å². The number of carbonyl (C=O) groups excluding carboxylic acids is 2. The van der Waals surface area contributed by atoms with Crippen molar-refractivity contribution >= 4 is 11.9 Å². The molecule has 0 amide bonds. The van der Waals surface area contributed by atoms with Gasteiger partial charge in [0.05, 0.1) is 11.1 Å². The van der Waals surface area contributed by atoms with Crippen molar-refractivity contribution in [1.29, 1.82) is 0 Å². The van der Waals surface area contributed by atoms with Crippen LogP contribution >= 0.6 is 0 Å². The zero-order valence-electron chi connectivity index (χ0n) is 20.6. The van der Waals surface area contributed by atoms with Gasteiger partial charge in [0.1, 0.15) is 23.7 Å². The van der Waals surface area contributed by atoms with Gasteiger partial charge in [0.25, 0.3) is 0 Å². The fraction of sp³-hybridized carbons (Fsp3) is 0.517. The number of ether oxygens (including phenoxy) is 2. The van der Waals surface area contributed by atoms with Gasteiger partial charge in [-0.15, -0.1) is 0 Å². The van der Waals surface area contributed by atoms with Crippen LogP contribution < -0.4 is 0 Å². The zero-order chi connectivity index (χ0) is 25.0. The first kappa shape index (κ1) is 25.1. The second kappa shape index (κ2) is 10.7. The van der Waals surface area contributed by atoms with E-state index in [4.69, 9.17) is 9.47 Å². The van der Waals surface area contributed by atoms with Crippen LogP contribution in [-0.4, -0.2) is 34.4 Å². The molecular formula is C29H36O6. The van der Waals surface area contributed by atoms with E-state index in [0.717, 1.165) is 51.4 Å². The average Bonchev–Trinajstić information content (AvgIpc) is 2.85. The molecule has 0 aromatic heterocycles.